The zero-order chi connectivity index (χ0) is 15.6. The lowest BCUT2D eigenvalue weighted by Gasteiger charge is -2.25. The van der Waals surface area contributed by atoms with E-state index in [1.165, 1.54) is 0 Å². The molecule has 0 spiro atoms. The van der Waals surface area contributed by atoms with E-state index in [0.29, 0.717) is 5.69 Å². The van der Waals surface area contributed by atoms with Gasteiger partial charge in [0.15, 0.2) is 5.78 Å². The van der Waals surface area contributed by atoms with E-state index in [1.807, 2.05) is 63.2 Å². The summed E-state index contributed by atoms with van der Waals surface area (Å²) in [4.78, 5) is 12.9. The summed E-state index contributed by atoms with van der Waals surface area (Å²) >= 11 is 0. The fraction of sp³-hybridized carbons (Fsp3) is 0.278. The van der Waals surface area contributed by atoms with Gasteiger partial charge in [-0.15, -0.1) is 0 Å². The van der Waals surface area contributed by atoms with Crippen molar-refractivity contribution >= 4 is 11.5 Å². The highest BCUT2D eigenvalue weighted by Crippen LogP contribution is 2.30. The zero-order valence-corrected chi connectivity index (χ0v) is 12.9. The van der Waals surface area contributed by atoms with Crippen LogP contribution in [0.15, 0.2) is 42.5 Å². The SMILES string of the molecule is COc1ccc(C(=O)C(C)(C)c2ccc(N)cc2)c(C)c1. The highest BCUT2D eigenvalue weighted by atomic mass is 16.5. The molecule has 2 aromatic rings. The number of hydrogen-bond donors (Lipinski definition) is 1. The topological polar surface area (TPSA) is 52.3 Å². The van der Waals surface area contributed by atoms with Crippen molar-refractivity contribution in [2.75, 3.05) is 12.8 Å². The third kappa shape index (κ3) is 2.92. The summed E-state index contributed by atoms with van der Waals surface area (Å²) < 4.78 is 5.19. The lowest BCUT2D eigenvalue weighted by Crippen LogP contribution is -2.29. The van der Waals surface area contributed by atoms with Gasteiger partial charge in [-0.2, -0.15) is 0 Å². The Morgan fingerprint density at radius 1 is 1.10 bits per heavy atom. The molecule has 0 saturated heterocycles. The van der Waals surface area contributed by atoms with Crippen LogP contribution in [-0.2, 0) is 5.41 Å². The van der Waals surface area contributed by atoms with Crippen molar-refractivity contribution < 1.29 is 9.53 Å². The molecule has 0 aliphatic carbocycles. The average Bonchev–Trinajstić information content (AvgIpc) is 2.46. The van der Waals surface area contributed by atoms with Crippen LogP contribution in [0.2, 0.25) is 0 Å². The van der Waals surface area contributed by atoms with Crippen molar-refractivity contribution in [1.29, 1.82) is 0 Å². The van der Waals surface area contributed by atoms with Crippen molar-refractivity contribution in [2.24, 2.45) is 0 Å². The van der Waals surface area contributed by atoms with Crippen LogP contribution < -0.4 is 10.5 Å². The Morgan fingerprint density at radius 2 is 1.71 bits per heavy atom. The normalized spacial score (nSPS) is 11.2. The summed E-state index contributed by atoms with van der Waals surface area (Å²) in [6.45, 7) is 5.80. The highest BCUT2D eigenvalue weighted by molar-refractivity contribution is 6.04. The van der Waals surface area contributed by atoms with Crippen LogP contribution in [0.4, 0.5) is 5.69 Å². The first-order valence-corrected chi connectivity index (χ1v) is 6.91. The van der Waals surface area contributed by atoms with E-state index >= 15 is 0 Å². The van der Waals surface area contributed by atoms with E-state index in [9.17, 15) is 4.79 Å². The number of nitrogens with two attached hydrogens (primary N) is 1. The predicted molar refractivity (Wildman–Crippen MR) is 85.9 cm³/mol. The molecule has 0 atom stereocenters. The van der Waals surface area contributed by atoms with E-state index in [-0.39, 0.29) is 5.78 Å². The minimum absolute atomic E-state index is 0.0902. The average molecular weight is 283 g/mol. The van der Waals surface area contributed by atoms with E-state index < -0.39 is 5.41 Å². The third-order valence-electron chi connectivity index (χ3n) is 3.88. The molecular weight excluding hydrogens is 262 g/mol. The van der Waals surface area contributed by atoms with Crippen LogP contribution in [0, 0.1) is 6.92 Å². The smallest absolute Gasteiger partial charge is 0.173 e. The summed E-state index contributed by atoms with van der Waals surface area (Å²) in [5, 5.41) is 0. The van der Waals surface area contributed by atoms with E-state index in [1.54, 1.807) is 7.11 Å². The van der Waals surface area contributed by atoms with E-state index in [2.05, 4.69) is 0 Å². The standard InChI is InChI=1S/C18H21NO2/c1-12-11-15(21-4)9-10-16(12)17(20)18(2,3)13-5-7-14(19)8-6-13/h5-11H,19H2,1-4H3. The number of ketones is 1. The number of carbonyl (C=O) groups excluding carboxylic acids is 1. The highest BCUT2D eigenvalue weighted by Gasteiger charge is 2.31. The predicted octanol–water partition coefficient (Wildman–Crippen LogP) is 3.75. The molecule has 0 radical (unpaired) electrons. The number of ether oxygens (including phenoxy) is 1. The fourth-order valence-electron chi connectivity index (χ4n) is 2.39. The molecule has 0 aromatic heterocycles. The first-order valence-electron chi connectivity index (χ1n) is 6.91. The van der Waals surface area contributed by atoms with Crippen LogP contribution in [0.1, 0.15) is 35.3 Å². The molecule has 110 valence electrons. The summed E-state index contributed by atoms with van der Waals surface area (Å²) in [7, 11) is 1.62. The maximum atomic E-state index is 12.9. The number of aryl methyl sites for hydroxylation is 1. The molecule has 0 aliphatic rings. The third-order valence-corrected chi connectivity index (χ3v) is 3.88. The molecule has 0 amide bonds. The molecule has 3 nitrogen and oxygen atoms in total. The van der Waals surface area contributed by atoms with Crippen molar-refractivity contribution in [3.8, 4) is 5.75 Å². The Kier molecular flexibility index (Phi) is 4.03. The number of Topliss-reactive ketones (excluding diaryl/α,β-unsaturated/α-hetero) is 1. The lowest BCUT2D eigenvalue weighted by molar-refractivity contribution is 0.0908. The van der Waals surface area contributed by atoms with E-state index in [0.717, 1.165) is 22.4 Å². The van der Waals surface area contributed by atoms with Gasteiger partial charge in [0.05, 0.1) is 12.5 Å². The van der Waals surface area contributed by atoms with Crippen molar-refractivity contribution in [3.05, 3.63) is 59.2 Å². The number of nitrogen functional groups attached to an aromatic ring is 1. The van der Waals surface area contributed by atoms with Gasteiger partial charge < -0.3 is 10.5 Å². The van der Waals surface area contributed by atoms with Crippen LogP contribution in [0.5, 0.6) is 5.75 Å². The molecule has 0 heterocycles. The van der Waals surface area contributed by atoms with Gasteiger partial charge in [-0.1, -0.05) is 12.1 Å². The maximum absolute atomic E-state index is 12.9. The summed E-state index contributed by atoms with van der Waals surface area (Å²) in [5.41, 5.74) is 8.40. The molecule has 2 aromatic carbocycles. The van der Waals surface area contributed by atoms with Gasteiger partial charge in [-0.05, 0) is 62.2 Å². The first kappa shape index (κ1) is 15.1. The van der Waals surface area contributed by atoms with Gasteiger partial charge in [0.2, 0.25) is 0 Å². The number of carbonyl (C=O) groups is 1. The molecule has 0 bridgehead atoms. The molecule has 2 rings (SSSR count). The Bertz CT molecular complexity index is 657. The number of rotatable bonds is 4. The Balaban J connectivity index is 2.40. The van der Waals surface area contributed by atoms with Crippen molar-refractivity contribution in [2.45, 2.75) is 26.2 Å². The van der Waals surface area contributed by atoms with Crippen LogP contribution in [0.25, 0.3) is 0 Å². The van der Waals surface area contributed by atoms with Crippen LogP contribution in [0.3, 0.4) is 0 Å². The number of hydrogen-bond acceptors (Lipinski definition) is 3. The molecule has 3 heteroatoms. The summed E-state index contributed by atoms with van der Waals surface area (Å²) in [6, 6.07) is 13.0. The maximum Gasteiger partial charge on any atom is 0.173 e. The number of benzene rings is 2. The van der Waals surface area contributed by atoms with Gasteiger partial charge in [0.25, 0.3) is 0 Å². The van der Waals surface area contributed by atoms with Gasteiger partial charge in [0, 0.05) is 11.3 Å². The summed E-state index contributed by atoms with van der Waals surface area (Å²) in [5.74, 6) is 0.849. The van der Waals surface area contributed by atoms with Crippen LogP contribution >= 0.6 is 0 Å². The van der Waals surface area contributed by atoms with Gasteiger partial charge >= 0.3 is 0 Å². The molecule has 0 aliphatic heterocycles. The van der Waals surface area contributed by atoms with Crippen LogP contribution in [-0.4, -0.2) is 12.9 Å². The first-order chi connectivity index (χ1) is 9.86. The number of methoxy groups -OCH3 is 1. The molecule has 0 fully saturated rings. The Hall–Kier alpha value is -2.29. The summed E-state index contributed by atoms with van der Waals surface area (Å²) in [6.07, 6.45) is 0. The lowest BCUT2D eigenvalue weighted by atomic mass is 9.77. The van der Waals surface area contributed by atoms with Crippen molar-refractivity contribution in [1.82, 2.24) is 0 Å². The quantitative estimate of drug-likeness (QED) is 0.687. The monoisotopic (exact) mass is 283 g/mol. The van der Waals surface area contributed by atoms with Gasteiger partial charge in [-0.3, -0.25) is 4.79 Å². The Morgan fingerprint density at radius 3 is 2.24 bits per heavy atom. The second-order valence-corrected chi connectivity index (χ2v) is 5.76. The minimum Gasteiger partial charge on any atom is -0.497 e. The van der Waals surface area contributed by atoms with E-state index in [4.69, 9.17) is 10.5 Å². The fourth-order valence-corrected chi connectivity index (χ4v) is 2.39. The molecule has 0 unspecified atom stereocenters. The number of anilines is 1. The molecule has 2 N–H and O–H groups in total. The second kappa shape index (κ2) is 5.60. The second-order valence-electron chi connectivity index (χ2n) is 5.76. The molecule has 0 saturated carbocycles. The van der Waals surface area contributed by atoms with Crippen molar-refractivity contribution in [3.63, 3.8) is 0 Å². The Labute approximate surface area is 125 Å². The largest absolute Gasteiger partial charge is 0.497 e. The molecule has 21 heavy (non-hydrogen) atoms. The molecular formula is C18H21NO2. The minimum atomic E-state index is -0.604. The van der Waals surface area contributed by atoms with Gasteiger partial charge in [-0.25, -0.2) is 0 Å². The zero-order valence-electron chi connectivity index (χ0n) is 12.9. The van der Waals surface area contributed by atoms with Gasteiger partial charge in [0.1, 0.15) is 5.75 Å².